The predicted molar refractivity (Wildman–Crippen MR) is 158 cm³/mol. The van der Waals surface area contributed by atoms with Crippen LogP contribution in [0.2, 0.25) is 15.1 Å². The molecule has 0 unspecified atom stereocenters. The number of rotatable bonds is 6. The van der Waals surface area contributed by atoms with Gasteiger partial charge >= 0.3 is 0 Å². The van der Waals surface area contributed by atoms with E-state index < -0.39 is 10.0 Å². The number of likely N-dealkylation sites (tertiary alicyclic amines) is 1. The maximum absolute atomic E-state index is 13.3. The van der Waals surface area contributed by atoms with Crippen LogP contribution in [0.25, 0.3) is 0 Å². The van der Waals surface area contributed by atoms with Crippen LogP contribution in [0.3, 0.4) is 0 Å². The Bertz CT molecular complexity index is 1440. The average Bonchev–Trinajstić information content (AvgIpc) is 2.95. The summed E-state index contributed by atoms with van der Waals surface area (Å²) < 4.78 is 28.5. The number of nitrogens with one attached hydrogen (secondary N) is 1. The van der Waals surface area contributed by atoms with Crippen molar-refractivity contribution in [3.05, 3.63) is 87.4 Å². The van der Waals surface area contributed by atoms with Crippen LogP contribution >= 0.6 is 34.8 Å². The number of carbonyl (C=O) groups excluding carboxylic acids is 1. The third-order valence-corrected chi connectivity index (χ3v) is 9.52. The maximum atomic E-state index is 13.3. The Hall–Kier alpha value is -2.49. The van der Waals surface area contributed by atoms with E-state index in [1.165, 1.54) is 30.0 Å². The van der Waals surface area contributed by atoms with Crippen molar-refractivity contribution >= 4 is 62.1 Å². The van der Waals surface area contributed by atoms with Crippen LogP contribution in [0.1, 0.15) is 23.2 Å². The molecule has 1 N–H and O–H groups in total. The van der Waals surface area contributed by atoms with Gasteiger partial charge in [-0.3, -0.25) is 14.4 Å². The van der Waals surface area contributed by atoms with E-state index in [1.807, 2.05) is 17.0 Å². The van der Waals surface area contributed by atoms with Gasteiger partial charge in [-0.05, 0) is 73.5 Å². The zero-order valence-corrected chi connectivity index (χ0v) is 24.3. The van der Waals surface area contributed by atoms with Crippen molar-refractivity contribution in [2.75, 3.05) is 48.9 Å². The molecule has 7 nitrogen and oxygen atoms in total. The predicted octanol–water partition coefficient (Wildman–Crippen LogP) is 5.87. The third kappa shape index (κ3) is 6.64. The molecule has 11 heteroatoms. The number of benzene rings is 3. The zero-order valence-electron chi connectivity index (χ0n) is 21.2. The first-order valence-electron chi connectivity index (χ1n) is 12.8. The molecule has 0 radical (unpaired) electrons. The second kappa shape index (κ2) is 11.9. The van der Waals surface area contributed by atoms with E-state index in [9.17, 15) is 13.2 Å². The summed E-state index contributed by atoms with van der Waals surface area (Å²) in [6, 6.07) is 19.0. The number of halogens is 3. The van der Waals surface area contributed by atoms with Gasteiger partial charge in [-0.2, -0.15) is 0 Å². The van der Waals surface area contributed by atoms with Crippen LogP contribution in [0.15, 0.2) is 71.6 Å². The van der Waals surface area contributed by atoms with E-state index in [0.717, 1.165) is 44.0 Å². The monoisotopic (exact) mass is 606 g/mol. The number of amides is 1. The minimum atomic E-state index is -3.97. The van der Waals surface area contributed by atoms with Crippen LogP contribution in [0.4, 0.5) is 11.4 Å². The highest BCUT2D eigenvalue weighted by Gasteiger charge is 2.30. The molecule has 39 heavy (non-hydrogen) atoms. The van der Waals surface area contributed by atoms with Crippen molar-refractivity contribution in [1.82, 2.24) is 9.80 Å². The molecule has 0 aromatic heterocycles. The summed E-state index contributed by atoms with van der Waals surface area (Å²) in [6.45, 7) is 5.13. The van der Waals surface area contributed by atoms with Crippen LogP contribution in [0, 0.1) is 0 Å². The van der Waals surface area contributed by atoms with Crippen LogP contribution < -0.4 is 9.62 Å². The van der Waals surface area contributed by atoms with Gasteiger partial charge in [0.05, 0.1) is 15.6 Å². The first-order valence-corrected chi connectivity index (χ1v) is 15.4. The van der Waals surface area contributed by atoms with Crippen molar-refractivity contribution in [3.8, 4) is 0 Å². The molecular weight excluding hydrogens is 579 g/mol. The van der Waals surface area contributed by atoms with E-state index >= 15 is 0 Å². The quantitative estimate of drug-likeness (QED) is 0.379. The second-order valence-corrected chi connectivity index (χ2v) is 12.7. The minimum Gasteiger partial charge on any atom is -0.369 e. The highest BCUT2D eigenvalue weighted by atomic mass is 35.5. The molecule has 1 amide bonds. The van der Waals surface area contributed by atoms with Gasteiger partial charge in [0.15, 0.2) is 0 Å². The first kappa shape index (κ1) is 28.1. The van der Waals surface area contributed by atoms with Crippen molar-refractivity contribution < 1.29 is 13.2 Å². The molecule has 0 atom stereocenters. The number of piperidine rings is 1. The van der Waals surface area contributed by atoms with Gasteiger partial charge in [0.25, 0.3) is 15.9 Å². The molecule has 0 aliphatic carbocycles. The number of anilines is 2. The molecule has 3 aromatic rings. The summed E-state index contributed by atoms with van der Waals surface area (Å²) in [5.74, 6) is -0.168. The minimum absolute atomic E-state index is 0.0159. The van der Waals surface area contributed by atoms with Crippen molar-refractivity contribution in [2.45, 2.75) is 23.8 Å². The van der Waals surface area contributed by atoms with Gasteiger partial charge in [-0.1, -0.05) is 40.9 Å². The van der Waals surface area contributed by atoms with Gasteiger partial charge in [0, 0.05) is 66.6 Å². The molecule has 2 saturated heterocycles. The molecule has 0 bridgehead atoms. The van der Waals surface area contributed by atoms with E-state index in [0.29, 0.717) is 29.7 Å². The lowest BCUT2D eigenvalue weighted by molar-refractivity contribution is 0.0611. The van der Waals surface area contributed by atoms with Gasteiger partial charge in [0.2, 0.25) is 0 Å². The Morgan fingerprint density at radius 1 is 0.795 bits per heavy atom. The molecule has 5 rings (SSSR count). The fourth-order valence-electron chi connectivity index (χ4n) is 5.19. The summed E-state index contributed by atoms with van der Waals surface area (Å²) >= 11 is 18.1. The van der Waals surface area contributed by atoms with E-state index in [1.54, 1.807) is 18.2 Å². The second-order valence-electron chi connectivity index (χ2n) is 9.78. The molecule has 2 aliphatic rings. The molecule has 2 heterocycles. The Balaban J connectivity index is 1.17. The first-order chi connectivity index (χ1) is 18.7. The maximum Gasteiger partial charge on any atom is 0.261 e. The van der Waals surface area contributed by atoms with Gasteiger partial charge in [-0.15, -0.1) is 0 Å². The molecule has 206 valence electrons. The van der Waals surface area contributed by atoms with Crippen LogP contribution in [-0.4, -0.2) is 69.4 Å². The molecule has 2 fully saturated rings. The Morgan fingerprint density at radius 2 is 1.46 bits per heavy atom. The number of nitrogens with zero attached hydrogens (tertiary/aromatic N) is 3. The zero-order chi connectivity index (χ0) is 27.6. The highest BCUT2D eigenvalue weighted by molar-refractivity contribution is 7.92. The number of carbonyl (C=O) groups is 1. The SMILES string of the molecule is O=C(c1cccc(S(=O)(=O)Nc2cc(Cl)ccc2Cl)c1)N1CCC(N2CCN(c3ccc(Cl)cc3)CC2)CC1. The summed E-state index contributed by atoms with van der Waals surface area (Å²) in [4.78, 5) is 20.0. The fraction of sp³-hybridized carbons (Fsp3) is 0.321. The summed E-state index contributed by atoms with van der Waals surface area (Å²) in [5, 5.41) is 1.32. The Morgan fingerprint density at radius 3 is 2.15 bits per heavy atom. The topological polar surface area (TPSA) is 73.0 Å². The normalized spacial score (nSPS) is 17.3. The smallest absolute Gasteiger partial charge is 0.261 e. The summed E-state index contributed by atoms with van der Waals surface area (Å²) in [5.41, 5.74) is 1.71. The third-order valence-electron chi connectivity index (χ3n) is 7.34. The van der Waals surface area contributed by atoms with Crippen molar-refractivity contribution in [1.29, 1.82) is 0 Å². The number of sulfonamides is 1. The number of hydrogen-bond acceptors (Lipinski definition) is 5. The number of piperazine rings is 1. The lowest BCUT2D eigenvalue weighted by Gasteiger charge is -2.43. The highest BCUT2D eigenvalue weighted by Crippen LogP contribution is 2.28. The number of hydrogen-bond donors (Lipinski definition) is 1. The average molecular weight is 608 g/mol. The molecule has 0 spiro atoms. The Labute approximate surface area is 244 Å². The molecule has 2 aliphatic heterocycles. The summed E-state index contributed by atoms with van der Waals surface area (Å²) in [6.07, 6.45) is 1.78. The molecule has 0 saturated carbocycles. The lowest BCUT2D eigenvalue weighted by atomic mass is 10.0. The van der Waals surface area contributed by atoms with Crippen molar-refractivity contribution in [3.63, 3.8) is 0 Å². The van der Waals surface area contributed by atoms with E-state index in [2.05, 4.69) is 26.7 Å². The van der Waals surface area contributed by atoms with Gasteiger partial charge < -0.3 is 9.80 Å². The van der Waals surface area contributed by atoms with Crippen LogP contribution in [-0.2, 0) is 10.0 Å². The van der Waals surface area contributed by atoms with Crippen LogP contribution in [0.5, 0.6) is 0 Å². The van der Waals surface area contributed by atoms with Crippen molar-refractivity contribution in [2.24, 2.45) is 0 Å². The Kier molecular flexibility index (Phi) is 8.59. The van der Waals surface area contributed by atoms with Gasteiger partial charge in [-0.25, -0.2) is 8.42 Å². The van der Waals surface area contributed by atoms with E-state index in [-0.39, 0.29) is 21.5 Å². The molecule has 3 aromatic carbocycles. The molecular formula is C28H29Cl3N4O3S. The standard InChI is InChI=1S/C28H29Cl3N4O3S/c29-21-4-7-23(8-5-21)33-14-16-34(17-15-33)24-10-12-35(13-11-24)28(36)20-2-1-3-25(18-20)39(37,38)32-27-19-22(30)6-9-26(27)31/h1-9,18-19,24,32H,10-17H2. The lowest BCUT2D eigenvalue weighted by Crippen LogP contribution is -2.53. The fourth-order valence-corrected chi connectivity index (χ4v) is 6.82. The largest absolute Gasteiger partial charge is 0.369 e. The van der Waals surface area contributed by atoms with Gasteiger partial charge in [0.1, 0.15) is 0 Å². The summed E-state index contributed by atoms with van der Waals surface area (Å²) in [7, 11) is -3.97. The van der Waals surface area contributed by atoms with E-state index in [4.69, 9.17) is 34.8 Å².